The number of carbonyl (C=O) groups is 1. The monoisotopic (exact) mass is 343 g/mol. The minimum atomic E-state index is -3.59. The van der Waals surface area contributed by atoms with Crippen LogP contribution in [0.3, 0.4) is 0 Å². The van der Waals surface area contributed by atoms with Crippen LogP contribution in [0, 0.1) is 0 Å². The van der Waals surface area contributed by atoms with E-state index in [1.54, 1.807) is 21.3 Å². The smallest absolute Gasteiger partial charge is 0.314 e. The highest BCUT2D eigenvalue weighted by Crippen LogP contribution is 2.34. The molecule has 2 bridgehead atoms. The van der Waals surface area contributed by atoms with Crippen molar-refractivity contribution in [1.82, 2.24) is 9.21 Å². The Morgan fingerprint density at radius 2 is 1.68 bits per heavy atom. The van der Waals surface area contributed by atoms with E-state index in [1.165, 1.54) is 12.1 Å². The lowest BCUT2D eigenvalue weighted by Gasteiger charge is -2.48. The molecule has 2 aliphatic heterocycles. The van der Waals surface area contributed by atoms with E-state index in [-0.39, 0.29) is 17.0 Å². The third-order valence-electron chi connectivity index (χ3n) is 4.36. The summed E-state index contributed by atoms with van der Waals surface area (Å²) < 4.78 is 27.4. The van der Waals surface area contributed by atoms with Gasteiger partial charge in [-0.2, -0.15) is 4.31 Å². The summed E-state index contributed by atoms with van der Waals surface area (Å²) in [7, 11) is -3.59. The van der Waals surface area contributed by atoms with Crippen LogP contribution >= 0.6 is 11.6 Å². The van der Waals surface area contributed by atoms with Crippen LogP contribution in [-0.4, -0.2) is 48.8 Å². The molecule has 2 aliphatic rings. The molecule has 2 saturated heterocycles. The number of nitrogens with two attached hydrogens (primary N) is 1. The maximum atomic E-state index is 12.9. The van der Waals surface area contributed by atoms with Gasteiger partial charge >= 0.3 is 6.03 Å². The molecule has 3 rings (SSSR count). The third kappa shape index (κ3) is 2.68. The first kappa shape index (κ1) is 15.6. The summed E-state index contributed by atoms with van der Waals surface area (Å²) in [6.07, 6.45) is 2.45. The molecule has 22 heavy (non-hydrogen) atoms. The molecule has 2 unspecified atom stereocenters. The van der Waals surface area contributed by atoms with Gasteiger partial charge in [0.2, 0.25) is 10.0 Å². The van der Waals surface area contributed by atoms with Gasteiger partial charge < -0.3 is 10.6 Å². The molecule has 2 fully saturated rings. The summed E-state index contributed by atoms with van der Waals surface area (Å²) in [4.78, 5) is 13.2. The molecule has 0 aliphatic carbocycles. The minimum Gasteiger partial charge on any atom is -0.351 e. The van der Waals surface area contributed by atoms with Gasteiger partial charge in [0.1, 0.15) is 0 Å². The lowest BCUT2D eigenvalue weighted by atomic mass is 9.94. The topological polar surface area (TPSA) is 83.7 Å². The number of hydrogen-bond donors (Lipinski definition) is 1. The van der Waals surface area contributed by atoms with Crippen LogP contribution in [0.1, 0.15) is 19.3 Å². The number of piperazine rings is 1. The van der Waals surface area contributed by atoms with Crippen molar-refractivity contribution < 1.29 is 13.2 Å². The number of urea groups is 1. The lowest BCUT2D eigenvalue weighted by Crippen LogP contribution is -2.63. The first-order valence-electron chi connectivity index (χ1n) is 7.23. The Labute approximate surface area is 134 Å². The van der Waals surface area contributed by atoms with Crippen molar-refractivity contribution in [2.75, 3.05) is 13.1 Å². The SMILES string of the molecule is NC(=O)N1CC2CCCC(C1)N2S(=O)(=O)c1ccc(Cl)cc1. The van der Waals surface area contributed by atoms with Crippen molar-refractivity contribution in [3.8, 4) is 0 Å². The van der Waals surface area contributed by atoms with Gasteiger partial charge in [-0.1, -0.05) is 18.0 Å². The van der Waals surface area contributed by atoms with Gasteiger partial charge in [0, 0.05) is 30.2 Å². The maximum absolute atomic E-state index is 12.9. The number of likely N-dealkylation sites (tertiary alicyclic amines) is 1. The number of piperidine rings is 1. The number of fused-ring (bicyclic) bond motifs is 2. The first-order chi connectivity index (χ1) is 10.4. The Balaban J connectivity index is 1.93. The first-order valence-corrected chi connectivity index (χ1v) is 9.05. The van der Waals surface area contributed by atoms with Crippen LogP contribution in [-0.2, 0) is 10.0 Å². The quantitative estimate of drug-likeness (QED) is 0.886. The average molecular weight is 344 g/mol. The Kier molecular flexibility index (Phi) is 4.05. The zero-order valence-electron chi connectivity index (χ0n) is 12.0. The maximum Gasteiger partial charge on any atom is 0.314 e. The van der Waals surface area contributed by atoms with E-state index in [2.05, 4.69) is 0 Å². The molecule has 120 valence electrons. The van der Waals surface area contributed by atoms with Crippen molar-refractivity contribution in [2.45, 2.75) is 36.2 Å². The van der Waals surface area contributed by atoms with Crippen LogP contribution < -0.4 is 5.73 Å². The molecule has 0 saturated carbocycles. The van der Waals surface area contributed by atoms with Crippen molar-refractivity contribution >= 4 is 27.7 Å². The molecule has 1 aromatic rings. The number of nitrogens with zero attached hydrogens (tertiary/aromatic N) is 2. The molecular weight excluding hydrogens is 326 g/mol. The predicted octanol–water partition coefficient (Wildman–Crippen LogP) is 1.65. The number of amides is 2. The van der Waals surface area contributed by atoms with Gasteiger partial charge in [0.15, 0.2) is 0 Å². The number of benzene rings is 1. The van der Waals surface area contributed by atoms with Gasteiger partial charge in [-0.15, -0.1) is 0 Å². The molecule has 2 heterocycles. The summed E-state index contributed by atoms with van der Waals surface area (Å²) in [5, 5.41) is 0.498. The lowest BCUT2D eigenvalue weighted by molar-refractivity contribution is 0.0704. The van der Waals surface area contributed by atoms with Crippen LogP contribution in [0.4, 0.5) is 4.79 Å². The van der Waals surface area contributed by atoms with Crippen LogP contribution in [0.5, 0.6) is 0 Å². The summed E-state index contributed by atoms with van der Waals surface area (Å²) >= 11 is 5.83. The summed E-state index contributed by atoms with van der Waals surface area (Å²) in [6, 6.07) is 5.29. The number of sulfonamides is 1. The standard InChI is InChI=1S/C14H18ClN3O3S/c15-10-4-6-13(7-5-10)22(20,21)18-11-2-1-3-12(18)9-17(8-11)14(16)19/h4-7,11-12H,1-3,8-9H2,(H2,16,19). The Hall–Kier alpha value is -1.31. The van der Waals surface area contributed by atoms with Crippen molar-refractivity contribution in [1.29, 1.82) is 0 Å². The Morgan fingerprint density at radius 1 is 1.14 bits per heavy atom. The summed E-state index contributed by atoms with van der Waals surface area (Å²) in [5.41, 5.74) is 5.36. The van der Waals surface area contributed by atoms with Crippen molar-refractivity contribution in [3.05, 3.63) is 29.3 Å². The molecule has 2 N–H and O–H groups in total. The number of rotatable bonds is 2. The Bertz CT molecular complexity index is 663. The molecule has 0 radical (unpaired) electrons. The number of halogens is 1. The van der Waals surface area contributed by atoms with E-state index in [4.69, 9.17) is 17.3 Å². The fourth-order valence-electron chi connectivity index (χ4n) is 3.37. The molecular formula is C14H18ClN3O3S. The van der Waals surface area contributed by atoms with Crippen LogP contribution in [0.2, 0.25) is 5.02 Å². The van der Waals surface area contributed by atoms with E-state index in [9.17, 15) is 13.2 Å². The molecule has 0 aromatic heterocycles. The zero-order chi connectivity index (χ0) is 15.9. The third-order valence-corrected chi connectivity index (χ3v) is 6.63. The van der Waals surface area contributed by atoms with Crippen LogP contribution in [0.15, 0.2) is 29.2 Å². The highest BCUT2D eigenvalue weighted by Gasteiger charge is 2.45. The van der Waals surface area contributed by atoms with E-state index in [0.717, 1.165) is 19.3 Å². The summed E-state index contributed by atoms with van der Waals surface area (Å²) in [5.74, 6) is 0. The fourth-order valence-corrected chi connectivity index (χ4v) is 5.35. The van der Waals surface area contributed by atoms with E-state index in [1.807, 2.05) is 0 Å². The highest BCUT2D eigenvalue weighted by molar-refractivity contribution is 7.89. The fraction of sp³-hybridized carbons (Fsp3) is 0.500. The molecule has 8 heteroatoms. The summed E-state index contributed by atoms with van der Waals surface area (Å²) in [6.45, 7) is 0.720. The molecule has 1 aromatic carbocycles. The normalized spacial score (nSPS) is 26.0. The predicted molar refractivity (Wildman–Crippen MR) is 83.1 cm³/mol. The van der Waals surface area contributed by atoms with Crippen LogP contribution in [0.25, 0.3) is 0 Å². The molecule has 6 nitrogen and oxygen atoms in total. The van der Waals surface area contributed by atoms with Gasteiger partial charge in [0.25, 0.3) is 0 Å². The van der Waals surface area contributed by atoms with Gasteiger partial charge in [-0.05, 0) is 37.1 Å². The number of hydrogen-bond acceptors (Lipinski definition) is 3. The largest absolute Gasteiger partial charge is 0.351 e. The minimum absolute atomic E-state index is 0.208. The molecule has 2 amide bonds. The zero-order valence-corrected chi connectivity index (χ0v) is 13.6. The Morgan fingerprint density at radius 3 is 2.18 bits per heavy atom. The highest BCUT2D eigenvalue weighted by atomic mass is 35.5. The second-order valence-electron chi connectivity index (χ2n) is 5.77. The van der Waals surface area contributed by atoms with E-state index >= 15 is 0 Å². The second-order valence-corrected chi connectivity index (χ2v) is 8.05. The molecule has 2 atom stereocenters. The number of carbonyl (C=O) groups excluding carboxylic acids is 1. The number of primary amides is 1. The van der Waals surface area contributed by atoms with Crippen molar-refractivity contribution in [3.63, 3.8) is 0 Å². The second kappa shape index (κ2) is 5.72. The van der Waals surface area contributed by atoms with Crippen molar-refractivity contribution in [2.24, 2.45) is 5.73 Å². The van der Waals surface area contributed by atoms with Gasteiger partial charge in [0.05, 0.1) is 4.90 Å². The van der Waals surface area contributed by atoms with Gasteiger partial charge in [-0.3, -0.25) is 0 Å². The van der Waals surface area contributed by atoms with Gasteiger partial charge in [-0.25, -0.2) is 13.2 Å². The molecule has 0 spiro atoms. The van der Waals surface area contributed by atoms with E-state index in [0.29, 0.717) is 18.1 Å². The average Bonchev–Trinajstić information content (AvgIpc) is 2.46. The van der Waals surface area contributed by atoms with E-state index < -0.39 is 16.1 Å².